The minimum atomic E-state index is -1.01. The predicted molar refractivity (Wildman–Crippen MR) is 112 cm³/mol. The molecule has 1 aromatic heterocycles. The number of aliphatic hydroxyl groups excluding tert-OH is 2. The maximum atomic E-state index is 10.5. The highest BCUT2D eigenvalue weighted by Gasteiger charge is 2.50. The summed E-state index contributed by atoms with van der Waals surface area (Å²) in [5.74, 6) is 0.650. The molecule has 2 aromatic rings. The Hall–Kier alpha value is -2.37. The first-order valence-electron chi connectivity index (χ1n) is 9.91. The lowest BCUT2D eigenvalue weighted by Gasteiger charge is -2.29. The first kappa shape index (κ1) is 21.8. The van der Waals surface area contributed by atoms with Gasteiger partial charge in [-0.15, -0.1) is 0 Å². The molecule has 4 rings (SSSR count). The van der Waals surface area contributed by atoms with Crippen LogP contribution in [0.4, 0.5) is 11.8 Å². The second kappa shape index (κ2) is 9.01. The molecule has 1 aromatic carbocycles. The van der Waals surface area contributed by atoms with E-state index in [2.05, 4.69) is 9.97 Å². The third-order valence-electron chi connectivity index (χ3n) is 5.64. The zero-order valence-electron chi connectivity index (χ0n) is 16.9. The molecule has 1 saturated heterocycles. The molecule has 2 aliphatic heterocycles. The standard InChI is InChI=1S/C20H25ClN4O6/c1-29-16-15(27)13(9-26)31-19(16)25-8-10(14-17(25)23-20(22)24-18(14)28)6-7-30-12-4-2-11(21)3-5-12/h2-5,10,13,15-16,19,26-27H,6-9H2,1H3,(H3,22,23,24,28)/t10?,13-,15-,16-,19-/m1/s1. The van der Waals surface area contributed by atoms with Gasteiger partial charge in [0.25, 0.3) is 0 Å². The van der Waals surface area contributed by atoms with Crippen molar-refractivity contribution in [2.24, 2.45) is 0 Å². The van der Waals surface area contributed by atoms with Crippen molar-refractivity contribution in [2.75, 3.05) is 37.5 Å². The summed E-state index contributed by atoms with van der Waals surface area (Å²) < 4.78 is 17.1. The number of fused-ring (bicyclic) bond motifs is 1. The maximum absolute atomic E-state index is 10.5. The van der Waals surface area contributed by atoms with Gasteiger partial charge in [0.05, 0.1) is 18.8 Å². The fourth-order valence-corrected chi connectivity index (χ4v) is 4.27. The Morgan fingerprint density at radius 3 is 2.71 bits per heavy atom. The van der Waals surface area contributed by atoms with Crippen molar-refractivity contribution < 1.29 is 29.5 Å². The molecule has 5 atom stereocenters. The van der Waals surface area contributed by atoms with Crippen LogP contribution in [0.5, 0.6) is 11.6 Å². The number of aromatic hydroxyl groups is 1. The Bertz CT molecular complexity index is 917. The number of hydrogen-bond donors (Lipinski definition) is 4. The molecular weight excluding hydrogens is 428 g/mol. The summed E-state index contributed by atoms with van der Waals surface area (Å²) in [5.41, 5.74) is 6.30. The number of halogens is 1. The van der Waals surface area contributed by atoms with Crippen molar-refractivity contribution in [3.63, 3.8) is 0 Å². The van der Waals surface area contributed by atoms with E-state index in [0.717, 1.165) is 0 Å². The zero-order valence-corrected chi connectivity index (χ0v) is 17.6. The Balaban J connectivity index is 1.55. The third kappa shape index (κ3) is 4.21. The van der Waals surface area contributed by atoms with Crippen LogP contribution in [0, 0.1) is 0 Å². The SMILES string of the molecule is CO[C@@H]1[C@H](O)[C@@H](CO)O[C@H]1N1CC(CCOc2ccc(Cl)cc2)c2c(O)nc(N)nc21. The number of aliphatic hydroxyl groups is 2. The van der Waals surface area contributed by atoms with Crippen molar-refractivity contribution in [3.8, 4) is 11.6 Å². The van der Waals surface area contributed by atoms with Gasteiger partial charge >= 0.3 is 0 Å². The molecule has 0 spiro atoms. The number of nitrogens with two attached hydrogens (primary N) is 1. The molecule has 0 amide bonds. The van der Waals surface area contributed by atoms with Crippen LogP contribution in [0.15, 0.2) is 24.3 Å². The number of rotatable bonds is 7. The van der Waals surface area contributed by atoms with E-state index in [1.165, 1.54) is 7.11 Å². The largest absolute Gasteiger partial charge is 0.494 e. The summed E-state index contributed by atoms with van der Waals surface area (Å²) >= 11 is 5.90. The number of benzene rings is 1. The number of aromatic nitrogens is 2. The lowest BCUT2D eigenvalue weighted by Crippen LogP contribution is -2.45. The monoisotopic (exact) mass is 452 g/mol. The van der Waals surface area contributed by atoms with Crippen LogP contribution in [0.3, 0.4) is 0 Å². The molecule has 2 aliphatic rings. The van der Waals surface area contributed by atoms with Gasteiger partial charge in [0, 0.05) is 24.6 Å². The number of hydrogen-bond acceptors (Lipinski definition) is 10. The molecule has 0 aliphatic carbocycles. The van der Waals surface area contributed by atoms with Gasteiger partial charge in [-0.05, 0) is 30.7 Å². The van der Waals surface area contributed by atoms with Gasteiger partial charge in [-0.3, -0.25) is 0 Å². The van der Waals surface area contributed by atoms with Gasteiger partial charge < -0.3 is 40.2 Å². The van der Waals surface area contributed by atoms with Crippen molar-refractivity contribution in [1.82, 2.24) is 9.97 Å². The molecule has 3 heterocycles. The number of ether oxygens (including phenoxy) is 3. The minimum absolute atomic E-state index is 0.0782. The second-order valence-corrected chi connectivity index (χ2v) is 7.96. The van der Waals surface area contributed by atoms with Gasteiger partial charge in [0.1, 0.15) is 29.9 Å². The fourth-order valence-electron chi connectivity index (χ4n) is 4.15. The lowest BCUT2D eigenvalue weighted by molar-refractivity contribution is -0.0229. The maximum Gasteiger partial charge on any atom is 0.225 e. The Morgan fingerprint density at radius 1 is 1.29 bits per heavy atom. The quantitative estimate of drug-likeness (QED) is 0.478. The average molecular weight is 453 g/mol. The zero-order chi connectivity index (χ0) is 22.1. The number of anilines is 2. The Kier molecular flexibility index (Phi) is 6.35. The second-order valence-electron chi connectivity index (χ2n) is 7.52. The fraction of sp³-hybridized carbons (Fsp3) is 0.500. The molecule has 1 unspecified atom stereocenters. The van der Waals surface area contributed by atoms with E-state index in [-0.39, 0.29) is 24.4 Å². The van der Waals surface area contributed by atoms with Crippen LogP contribution in [0.1, 0.15) is 17.9 Å². The van der Waals surface area contributed by atoms with E-state index in [0.29, 0.717) is 41.7 Å². The van der Waals surface area contributed by atoms with Gasteiger partial charge in [0.15, 0.2) is 6.23 Å². The average Bonchev–Trinajstić information content (AvgIpc) is 3.26. The molecule has 5 N–H and O–H groups in total. The normalized spacial score (nSPS) is 27.5. The van der Waals surface area contributed by atoms with E-state index >= 15 is 0 Å². The predicted octanol–water partition coefficient (Wildman–Crippen LogP) is 0.884. The molecule has 31 heavy (non-hydrogen) atoms. The molecule has 0 radical (unpaired) electrons. The van der Waals surface area contributed by atoms with Crippen LogP contribution in [0.2, 0.25) is 5.02 Å². The van der Waals surface area contributed by atoms with Crippen molar-refractivity contribution in [2.45, 2.75) is 36.9 Å². The smallest absolute Gasteiger partial charge is 0.225 e. The highest BCUT2D eigenvalue weighted by molar-refractivity contribution is 6.30. The van der Waals surface area contributed by atoms with E-state index in [1.54, 1.807) is 29.2 Å². The summed E-state index contributed by atoms with van der Waals surface area (Å²) in [7, 11) is 1.46. The highest BCUT2D eigenvalue weighted by Crippen LogP contribution is 2.44. The number of nitrogen functional groups attached to an aromatic ring is 1. The Labute approximate surface area is 184 Å². The van der Waals surface area contributed by atoms with Gasteiger partial charge in [-0.25, -0.2) is 0 Å². The van der Waals surface area contributed by atoms with E-state index in [1.807, 2.05) is 0 Å². The van der Waals surface area contributed by atoms with Crippen molar-refractivity contribution >= 4 is 23.4 Å². The topological polar surface area (TPSA) is 143 Å². The number of methoxy groups -OCH3 is 1. The first-order chi connectivity index (χ1) is 14.9. The lowest BCUT2D eigenvalue weighted by atomic mass is 10.0. The highest BCUT2D eigenvalue weighted by atomic mass is 35.5. The minimum Gasteiger partial charge on any atom is -0.494 e. The molecule has 168 valence electrons. The van der Waals surface area contributed by atoms with E-state index < -0.39 is 24.5 Å². The molecule has 0 saturated carbocycles. The molecule has 0 bridgehead atoms. The van der Waals surface area contributed by atoms with E-state index in [4.69, 9.17) is 31.5 Å². The molecular formula is C20H25ClN4O6. The van der Waals surface area contributed by atoms with Crippen LogP contribution in [-0.4, -0.2) is 76.7 Å². The van der Waals surface area contributed by atoms with Gasteiger partial charge in [-0.1, -0.05) is 11.6 Å². The summed E-state index contributed by atoms with van der Waals surface area (Å²) in [5, 5.41) is 31.0. The third-order valence-corrected chi connectivity index (χ3v) is 5.89. The summed E-state index contributed by atoms with van der Waals surface area (Å²) in [6.45, 7) is 0.443. The van der Waals surface area contributed by atoms with E-state index in [9.17, 15) is 15.3 Å². The number of nitrogens with zero attached hydrogens (tertiary/aromatic N) is 3. The summed E-state index contributed by atoms with van der Waals surface area (Å²) in [6, 6.07) is 7.06. The molecule has 10 nitrogen and oxygen atoms in total. The molecule has 11 heteroatoms. The Morgan fingerprint density at radius 2 is 2.03 bits per heavy atom. The van der Waals surface area contributed by atoms with Crippen LogP contribution >= 0.6 is 11.6 Å². The van der Waals surface area contributed by atoms with Crippen LogP contribution in [-0.2, 0) is 9.47 Å². The van der Waals surface area contributed by atoms with Gasteiger partial charge in [0.2, 0.25) is 11.8 Å². The summed E-state index contributed by atoms with van der Waals surface area (Å²) in [6.07, 6.45) is -2.68. The first-order valence-corrected chi connectivity index (χ1v) is 10.3. The van der Waals surface area contributed by atoms with Crippen molar-refractivity contribution in [1.29, 1.82) is 0 Å². The van der Waals surface area contributed by atoms with Crippen LogP contribution in [0.25, 0.3) is 0 Å². The van der Waals surface area contributed by atoms with Gasteiger partial charge in [-0.2, -0.15) is 9.97 Å². The van der Waals surface area contributed by atoms with Crippen LogP contribution < -0.4 is 15.4 Å². The molecule has 1 fully saturated rings. The van der Waals surface area contributed by atoms with Crippen molar-refractivity contribution in [3.05, 3.63) is 34.9 Å². The summed E-state index contributed by atoms with van der Waals surface area (Å²) in [4.78, 5) is 9.99.